The summed E-state index contributed by atoms with van der Waals surface area (Å²) in [5.74, 6) is 0. The Labute approximate surface area is 134 Å². The number of nitrogens with zero attached hydrogens (tertiary/aromatic N) is 4. The van der Waals surface area contributed by atoms with Gasteiger partial charge in [0.25, 0.3) is 0 Å². The van der Waals surface area contributed by atoms with Gasteiger partial charge < -0.3 is 12.6 Å². The van der Waals surface area contributed by atoms with Crippen molar-refractivity contribution in [2.75, 3.05) is 0 Å². The second kappa shape index (κ2) is 8.47. The molecule has 96 valence electrons. The van der Waals surface area contributed by atoms with Crippen LogP contribution in [-0.2, 0) is 12.6 Å². The minimum absolute atomic E-state index is 0.358. The van der Waals surface area contributed by atoms with Gasteiger partial charge in [0.2, 0.25) is 0 Å². The van der Waals surface area contributed by atoms with Crippen molar-refractivity contribution < 1.29 is 0 Å². The summed E-state index contributed by atoms with van der Waals surface area (Å²) in [5.41, 5.74) is 0. The van der Waals surface area contributed by atoms with E-state index in [9.17, 15) is 0 Å². The van der Waals surface area contributed by atoms with Crippen LogP contribution in [0, 0.1) is 0 Å². The zero-order chi connectivity index (χ0) is 13.5. The minimum Gasteiger partial charge on any atom is -0.738 e. The molecule has 0 fully saturated rings. The molecule has 0 aliphatic carbocycles. The Morgan fingerprint density at radius 3 is 2.67 bits per heavy atom. The molecule has 0 aliphatic rings. The Morgan fingerprint density at radius 2 is 2.22 bits per heavy atom. The van der Waals surface area contributed by atoms with Gasteiger partial charge in [0.05, 0.1) is 10.0 Å². The van der Waals surface area contributed by atoms with Gasteiger partial charge in [-0.15, -0.1) is 16.4 Å². The Balaban J connectivity index is 0.000000357. The Bertz CT molecular complexity index is 511. The number of thiophene rings is 1. The smallest absolute Gasteiger partial charge is 0.139 e. The molecule has 18 heavy (non-hydrogen) atoms. The maximum atomic E-state index is 5.47. The van der Waals surface area contributed by atoms with E-state index < -0.39 is 18.6 Å². The maximum Gasteiger partial charge on any atom is 0.139 e. The summed E-state index contributed by atoms with van der Waals surface area (Å²) in [7, 11) is 5.47. The molecule has 0 saturated heterocycles. The van der Waals surface area contributed by atoms with E-state index >= 15 is 0 Å². The first-order chi connectivity index (χ1) is 8.49. The fourth-order valence-electron chi connectivity index (χ4n) is 0.815. The van der Waals surface area contributed by atoms with Crippen LogP contribution >= 0.6 is 36.2 Å². The van der Waals surface area contributed by atoms with Gasteiger partial charge in [0, 0.05) is 10.0 Å². The first-order valence-electron chi connectivity index (χ1n) is 4.81. The van der Waals surface area contributed by atoms with Crippen LogP contribution in [0.4, 0.5) is 0 Å². The average molecular weight is 472 g/mol. The van der Waals surface area contributed by atoms with Gasteiger partial charge in [-0.1, -0.05) is 0 Å². The normalized spacial score (nSPS) is 10.2. The van der Waals surface area contributed by atoms with Gasteiger partial charge in [-0.3, -0.25) is 0 Å². The van der Waals surface area contributed by atoms with E-state index in [1.165, 1.54) is 11.0 Å². The fourth-order valence-corrected chi connectivity index (χ4v) is 2.25. The number of rotatable bonds is 2. The van der Waals surface area contributed by atoms with Crippen LogP contribution in [0.1, 0.15) is 4.88 Å². The molecule has 9 heteroatoms. The Hall–Kier alpha value is 0.299. The molecule has 0 unspecified atom stereocenters. The van der Waals surface area contributed by atoms with Crippen molar-refractivity contribution in [1.82, 2.24) is 14.9 Å². The molecule has 2 heterocycles. The molecular formula is C9H10BrClN4S2Sn. The van der Waals surface area contributed by atoms with Gasteiger partial charge in [-0.2, -0.15) is 10.2 Å². The van der Waals surface area contributed by atoms with Gasteiger partial charge in [0.1, 0.15) is 6.33 Å². The molecule has 0 aliphatic heterocycles. The predicted octanol–water partition coefficient (Wildman–Crippen LogP) is 3.37. The summed E-state index contributed by atoms with van der Waals surface area (Å²) in [6, 6.07) is 3.93. The molecule has 0 radical (unpaired) electrons. The van der Waals surface area contributed by atoms with Crippen LogP contribution < -0.4 is 0 Å². The van der Waals surface area contributed by atoms with Crippen molar-refractivity contribution in [2.45, 2.75) is 15.0 Å². The zero-order valence-corrected chi connectivity index (χ0v) is 16.5. The van der Waals surface area contributed by atoms with E-state index in [2.05, 4.69) is 41.1 Å². The summed E-state index contributed by atoms with van der Waals surface area (Å²) >= 11 is 8.77. The number of halogens is 2. The fraction of sp³-hybridized carbons (Fsp3) is 0.222. The number of aromatic nitrogens is 3. The Kier molecular flexibility index (Phi) is 7.69. The van der Waals surface area contributed by atoms with Crippen molar-refractivity contribution >= 4 is 73.7 Å². The van der Waals surface area contributed by atoms with Crippen molar-refractivity contribution in [3.8, 4) is 0 Å². The summed E-state index contributed by atoms with van der Waals surface area (Å²) in [6.07, 6.45) is 3.19. The predicted molar refractivity (Wildman–Crippen MR) is 84.0 cm³/mol. The Morgan fingerprint density at radius 1 is 1.56 bits per heavy atom. The van der Waals surface area contributed by atoms with Crippen LogP contribution in [0.25, 0.3) is 0 Å². The molecule has 0 N–H and O–H groups in total. The van der Waals surface area contributed by atoms with Gasteiger partial charge >= 0.3 is 37.4 Å². The quantitative estimate of drug-likeness (QED) is 0.383. The standard InChI is InChI=1S/C7H5BrN4S2.2CH3.ClH.Sn/c8-6-2-1-5(14-6)3-10-12-4-9-11-7(12)13;;;;/h1-4H,(H,11,13);2*1H3;1H;/q;;;;+2/p-2/b10-3+;;;;. The summed E-state index contributed by atoms with van der Waals surface area (Å²) < 4.78 is 2.52. The van der Waals surface area contributed by atoms with Crippen LogP contribution in [0.15, 0.2) is 32.5 Å². The molecule has 0 aromatic carbocycles. The van der Waals surface area contributed by atoms with E-state index in [0.29, 0.717) is 5.16 Å². The topological polar surface area (TPSA) is 43.1 Å². The zero-order valence-electron chi connectivity index (χ0n) is 9.67. The van der Waals surface area contributed by atoms with Gasteiger partial charge in [-0.05, 0) is 28.1 Å². The first kappa shape index (κ1) is 16.4. The third-order valence-electron chi connectivity index (χ3n) is 1.40. The van der Waals surface area contributed by atoms with E-state index in [1.54, 1.807) is 17.6 Å². The minimum atomic E-state index is -1.07. The number of hydrogen-bond donors (Lipinski definition) is 0. The van der Waals surface area contributed by atoms with Gasteiger partial charge in [0.15, 0.2) is 0 Å². The summed E-state index contributed by atoms with van der Waals surface area (Å²) in [4.78, 5) is 5.30. The molecule has 0 amide bonds. The van der Waals surface area contributed by atoms with E-state index in [0.717, 1.165) is 8.66 Å². The third kappa shape index (κ3) is 6.46. The molecule has 0 saturated carbocycles. The van der Waals surface area contributed by atoms with Crippen molar-refractivity contribution in [1.29, 1.82) is 0 Å². The molecule has 0 spiro atoms. The van der Waals surface area contributed by atoms with Crippen LogP contribution in [0.2, 0.25) is 9.88 Å². The van der Waals surface area contributed by atoms with Crippen LogP contribution in [-0.4, -0.2) is 39.7 Å². The average Bonchev–Trinajstić information content (AvgIpc) is 2.84. The third-order valence-corrected chi connectivity index (χ3v) is 3.23. The maximum absolute atomic E-state index is 5.47. The summed E-state index contributed by atoms with van der Waals surface area (Å²) in [6.45, 7) is 0. The molecule has 0 bridgehead atoms. The van der Waals surface area contributed by atoms with E-state index in [-0.39, 0.29) is 0 Å². The van der Waals surface area contributed by atoms with Gasteiger partial charge in [-0.25, -0.2) is 4.68 Å². The van der Waals surface area contributed by atoms with Crippen molar-refractivity contribution in [2.24, 2.45) is 5.10 Å². The molecule has 0 atom stereocenters. The largest absolute Gasteiger partial charge is 0.738 e. The molecule has 2 rings (SSSR count). The second-order valence-electron chi connectivity index (χ2n) is 3.22. The number of hydrogen-bond acceptors (Lipinski definition) is 5. The van der Waals surface area contributed by atoms with Crippen molar-refractivity contribution in [3.05, 3.63) is 27.1 Å². The van der Waals surface area contributed by atoms with Crippen molar-refractivity contribution in [3.63, 3.8) is 0 Å². The monoisotopic (exact) mass is 472 g/mol. The van der Waals surface area contributed by atoms with Crippen LogP contribution in [0.3, 0.4) is 0 Å². The van der Waals surface area contributed by atoms with E-state index in [1.807, 2.05) is 12.1 Å². The van der Waals surface area contributed by atoms with Crippen LogP contribution in [0.5, 0.6) is 0 Å². The molecule has 2 aromatic heterocycles. The SMILES string of the molecule is [CH3][Sn+]([CH3])[Cl].[S-]c1nncn1/N=C/c1ccc(Br)s1. The molecule has 4 nitrogen and oxygen atoms in total. The molecule has 2 aromatic rings. The molecular weight excluding hydrogens is 462 g/mol. The first-order valence-corrected chi connectivity index (χ1v) is 16.2. The second-order valence-corrected chi connectivity index (χ2v) is 16.2. The summed E-state index contributed by atoms with van der Waals surface area (Å²) in [5, 5.41) is 11.7. The van der Waals surface area contributed by atoms with E-state index in [4.69, 9.17) is 21.5 Å².